The van der Waals surface area contributed by atoms with Crippen LogP contribution in [0.4, 0.5) is 5.82 Å². The van der Waals surface area contributed by atoms with Crippen molar-refractivity contribution in [2.45, 2.75) is 51.1 Å². The number of nitrogens with two attached hydrogens (primary N) is 1. The van der Waals surface area contributed by atoms with E-state index in [2.05, 4.69) is 34.3 Å². The molecule has 2 aliphatic rings. The summed E-state index contributed by atoms with van der Waals surface area (Å²) in [6, 6.07) is 12.4. The number of hydrogen-bond acceptors (Lipinski definition) is 5. The number of piperidine rings is 1. The van der Waals surface area contributed by atoms with E-state index in [1.165, 1.54) is 24.8 Å². The summed E-state index contributed by atoms with van der Waals surface area (Å²) in [5.74, 6) is 1.03. The normalized spacial score (nSPS) is 21.3. The molecule has 3 N–H and O–H groups in total. The SMILES string of the molecule is COc1ccc([C@@H](C)N[C@@H]2CCCC23CCN(c2nc(Cl)ccc2C(N)=O)CC3)cc1. The van der Waals surface area contributed by atoms with Gasteiger partial charge in [0.2, 0.25) is 0 Å². The van der Waals surface area contributed by atoms with Gasteiger partial charge in [0, 0.05) is 25.2 Å². The number of halogens is 1. The fourth-order valence-corrected chi connectivity index (χ4v) is 5.45. The minimum Gasteiger partial charge on any atom is -0.497 e. The zero-order chi connectivity index (χ0) is 22.0. The van der Waals surface area contributed by atoms with Gasteiger partial charge in [0.1, 0.15) is 16.7 Å². The van der Waals surface area contributed by atoms with Gasteiger partial charge in [0.25, 0.3) is 5.91 Å². The Balaban J connectivity index is 1.45. The molecule has 1 spiro atoms. The molecule has 1 aromatic heterocycles. The van der Waals surface area contributed by atoms with Crippen LogP contribution in [0.1, 0.15) is 61.0 Å². The minimum atomic E-state index is -0.465. The number of aromatic nitrogens is 1. The summed E-state index contributed by atoms with van der Waals surface area (Å²) in [5.41, 5.74) is 7.56. The topological polar surface area (TPSA) is 80.5 Å². The highest BCUT2D eigenvalue weighted by Gasteiger charge is 2.45. The van der Waals surface area contributed by atoms with Gasteiger partial charge in [-0.3, -0.25) is 4.79 Å². The fraction of sp³-hybridized carbons (Fsp3) is 0.500. The van der Waals surface area contributed by atoms with Gasteiger partial charge >= 0.3 is 0 Å². The first-order chi connectivity index (χ1) is 14.9. The highest BCUT2D eigenvalue weighted by atomic mass is 35.5. The van der Waals surface area contributed by atoms with Crippen LogP contribution in [0.5, 0.6) is 5.75 Å². The molecule has 1 amide bonds. The molecular weight excluding hydrogens is 412 g/mol. The molecule has 1 aromatic carbocycles. The van der Waals surface area contributed by atoms with Crippen molar-refractivity contribution in [3.05, 3.63) is 52.7 Å². The van der Waals surface area contributed by atoms with Crippen molar-refractivity contribution < 1.29 is 9.53 Å². The van der Waals surface area contributed by atoms with Crippen LogP contribution < -0.4 is 20.7 Å². The predicted octanol–water partition coefficient (Wildman–Crippen LogP) is 4.33. The van der Waals surface area contributed by atoms with Gasteiger partial charge in [-0.15, -0.1) is 0 Å². The molecule has 4 rings (SSSR count). The number of carbonyl (C=O) groups excluding carboxylic acids is 1. The summed E-state index contributed by atoms with van der Waals surface area (Å²) in [6.45, 7) is 3.93. The van der Waals surface area contributed by atoms with Crippen LogP contribution in [0.15, 0.2) is 36.4 Å². The summed E-state index contributed by atoms with van der Waals surface area (Å²) in [7, 11) is 1.69. The van der Waals surface area contributed by atoms with E-state index in [0.717, 1.165) is 31.7 Å². The van der Waals surface area contributed by atoms with Gasteiger partial charge in [-0.05, 0) is 67.9 Å². The highest BCUT2D eigenvalue weighted by molar-refractivity contribution is 6.29. The summed E-state index contributed by atoms with van der Waals surface area (Å²) < 4.78 is 5.28. The fourth-order valence-electron chi connectivity index (χ4n) is 5.31. The molecule has 0 bridgehead atoms. The van der Waals surface area contributed by atoms with Gasteiger partial charge < -0.3 is 20.7 Å². The second-order valence-corrected chi connectivity index (χ2v) is 9.21. The van der Waals surface area contributed by atoms with Crippen LogP contribution in [0.25, 0.3) is 0 Å². The van der Waals surface area contributed by atoms with Crippen molar-refractivity contribution in [3.8, 4) is 5.75 Å². The summed E-state index contributed by atoms with van der Waals surface area (Å²) >= 11 is 6.11. The first-order valence-corrected chi connectivity index (χ1v) is 11.4. The monoisotopic (exact) mass is 442 g/mol. The molecule has 0 radical (unpaired) electrons. The quantitative estimate of drug-likeness (QED) is 0.650. The summed E-state index contributed by atoms with van der Waals surface area (Å²) in [5, 5.41) is 4.30. The van der Waals surface area contributed by atoms with Crippen LogP contribution >= 0.6 is 11.6 Å². The number of hydrogen-bond donors (Lipinski definition) is 2. The molecule has 166 valence electrons. The van der Waals surface area contributed by atoms with E-state index in [0.29, 0.717) is 22.6 Å². The molecule has 2 fully saturated rings. The Labute approximate surface area is 189 Å². The number of rotatable bonds is 6. The highest BCUT2D eigenvalue weighted by Crippen LogP contribution is 2.47. The van der Waals surface area contributed by atoms with Gasteiger partial charge in [-0.25, -0.2) is 4.98 Å². The van der Waals surface area contributed by atoms with Crippen LogP contribution in [-0.2, 0) is 0 Å². The van der Waals surface area contributed by atoms with Crippen LogP contribution in [0.3, 0.4) is 0 Å². The van der Waals surface area contributed by atoms with Crippen molar-refractivity contribution in [2.24, 2.45) is 11.1 Å². The molecule has 1 aliphatic heterocycles. The first kappa shape index (κ1) is 21.9. The van der Waals surface area contributed by atoms with E-state index in [1.807, 2.05) is 12.1 Å². The van der Waals surface area contributed by atoms with E-state index in [9.17, 15) is 4.79 Å². The molecule has 1 saturated heterocycles. The second-order valence-electron chi connectivity index (χ2n) is 8.83. The molecule has 2 aromatic rings. The Kier molecular flexibility index (Phi) is 6.39. The van der Waals surface area contributed by atoms with Gasteiger partial charge in [0.05, 0.1) is 12.7 Å². The van der Waals surface area contributed by atoms with Crippen LogP contribution in [0, 0.1) is 5.41 Å². The number of methoxy groups -OCH3 is 1. The summed E-state index contributed by atoms with van der Waals surface area (Å²) in [6.07, 6.45) is 5.80. The molecule has 2 heterocycles. The Hall–Kier alpha value is -2.31. The first-order valence-electron chi connectivity index (χ1n) is 11.0. The number of amides is 1. The third kappa shape index (κ3) is 4.51. The Bertz CT molecular complexity index is 926. The molecule has 7 heteroatoms. The molecule has 2 atom stereocenters. The lowest BCUT2D eigenvalue weighted by Crippen LogP contribution is -2.49. The lowest BCUT2D eigenvalue weighted by atomic mass is 9.73. The third-order valence-corrected chi connectivity index (χ3v) is 7.35. The van der Waals surface area contributed by atoms with E-state index in [-0.39, 0.29) is 11.5 Å². The average molecular weight is 443 g/mol. The zero-order valence-electron chi connectivity index (χ0n) is 18.2. The summed E-state index contributed by atoms with van der Waals surface area (Å²) in [4.78, 5) is 18.5. The van der Waals surface area contributed by atoms with E-state index < -0.39 is 5.91 Å². The molecule has 0 unspecified atom stereocenters. The lowest BCUT2D eigenvalue weighted by Gasteiger charge is -2.45. The number of anilines is 1. The Morgan fingerprint density at radius 3 is 2.58 bits per heavy atom. The molecule has 1 aliphatic carbocycles. The number of ether oxygens (including phenoxy) is 1. The van der Waals surface area contributed by atoms with Crippen molar-refractivity contribution in [3.63, 3.8) is 0 Å². The lowest BCUT2D eigenvalue weighted by molar-refractivity contribution is 0.1000. The molecule has 31 heavy (non-hydrogen) atoms. The number of nitrogens with zero attached hydrogens (tertiary/aromatic N) is 2. The predicted molar refractivity (Wildman–Crippen MR) is 124 cm³/mol. The van der Waals surface area contributed by atoms with Crippen molar-refractivity contribution >= 4 is 23.3 Å². The minimum absolute atomic E-state index is 0.278. The number of primary amides is 1. The maximum Gasteiger partial charge on any atom is 0.252 e. The Morgan fingerprint density at radius 1 is 1.23 bits per heavy atom. The van der Waals surface area contributed by atoms with Gasteiger partial charge in [-0.2, -0.15) is 0 Å². The largest absolute Gasteiger partial charge is 0.497 e. The Morgan fingerprint density at radius 2 is 1.94 bits per heavy atom. The van der Waals surface area contributed by atoms with E-state index in [4.69, 9.17) is 22.1 Å². The maximum atomic E-state index is 11.9. The van der Waals surface area contributed by atoms with E-state index >= 15 is 0 Å². The average Bonchev–Trinajstić information content (AvgIpc) is 3.15. The second kappa shape index (κ2) is 9.05. The third-order valence-electron chi connectivity index (χ3n) is 7.14. The van der Waals surface area contributed by atoms with Gasteiger partial charge in [-0.1, -0.05) is 30.2 Å². The van der Waals surface area contributed by atoms with Crippen LogP contribution in [-0.4, -0.2) is 37.1 Å². The molecular formula is C24H31ClN4O2. The van der Waals surface area contributed by atoms with E-state index in [1.54, 1.807) is 19.2 Å². The van der Waals surface area contributed by atoms with Crippen molar-refractivity contribution in [1.82, 2.24) is 10.3 Å². The number of carbonyl (C=O) groups is 1. The maximum absolute atomic E-state index is 11.9. The molecule has 1 saturated carbocycles. The smallest absolute Gasteiger partial charge is 0.252 e. The number of benzene rings is 1. The zero-order valence-corrected chi connectivity index (χ0v) is 19.0. The number of nitrogens with one attached hydrogen (secondary N) is 1. The van der Waals surface area contributed by atoms with Gasteiger partial charge in [0.15, 0.2) is 0 Å². The molecule has 6 nitrogen and oxygen atoms in total. The standard InChI is InChI=1S/C24H31ClN4O2/c1-16(17-5-7-18(31-2)8-6-17)27-20-4-3-11-24(20)12-14-29(15-13-24)23-19(22(26)30)9-10-21(25)28-23/h5-10,16,20,27H,3-4,11-15H2,1-2H3,(H2,26,30)/t16-,20-/m1/s1. The van der Waals surface area contributed by atoms with Crippen LogP contribution in [0.2, 0.25) is 5.15 Å². The number of pyridine rings is 1. The van der Waals surface area contributed by atoms with Crippen molar-refractivity contribution in [2.75, 3.05) is 25.1 Å². The van der Waals surface area contributed by atoms with Crippen molar-refractivity contribution in [1.29, 1.82) is 0 Å².